The summed E-state index contributed by atoms with van der Waals surface area (Å²) in [7, 11) is 0. The largest absolute Gasteiger partial charge is 0.254 e. The van der Waals surface area contributed by atoms with Gasteiger partial charge in [-0.3, -0.25) is 9.97 Å². The zero-order valence-electron chi connectivity index (χ0n) is 25.8. The molecule has 10 rings (SSSR count). The van der Waals surface area contributed by atoms with Crippen LogP contribution in [0.1, 0.15) is 0 Å². The molecule has 0 aliphatic rings. The molecular formula is C44H26N4. The fourth-order valence-electron chi connectivity index (χ4n) is 7.19. The summed E-state index contributed by atoms with van der Waals surface area (Å²) >= 11 is 0. The van der Waals surface area contributed by atoms with E-state index in [1.807, 2.05) is 18.5 Å². The molecule has 0 bridgehead atoms. The van der Waals surface area contributed by atoms with Crippen molar-refractivity contribution in [3.05, 3.63) is 158 Å². The number of pyridine rings is 4. The first kappa shape index (κ1) is 26.7. The van der Waals surface area contributed by atoms with E-state index in [-0.39, 0.29) is 0 Å². The maximum absolute atomic E-state index is 5.27. The quantitative estimate of drug-likeness (QED) is 0.147. The monoisotopic (exact) mass is 610 g/mol. The van der Waals surface area contributed by atoms with Crippen molar-refractivity contribution in [2.45, 2.75) is 0 Å². The topological polar surface area (TPSA) is 51.6 Å². The zero-order chi connectivity index (χ0) is 31.6. The number of nitrogens with zero attached hydrogens (tertiary/aromatic N) is 4. The predicted molar refractivity (Wildman–Crippen MR) is 199 cm³/mol. The van der Waals surface area contributed by atoms with Gasteiger partial charge in [0.25, 0.3) is 0 Å². The summed E-state index contributed by atoms with van der Waals surface area (Å²) in [5.41, 5.74) is 11.3. The van der Waals surface area contributed by atoms with Crippen LogP contribution in [0.25, 0.3) is 98.8 Å². The van der Waals surface area contributed by atoms with E-state index in [0.717, 1.165) is 82.3 Å². The van der Waals surface area contributed by atoms with Crippen molar-refractivity contribution >= 4 is 65.3 Å². The molecule has 0 amide bonds. The second-order valence-electron chi connectivity index (χ2n) is 12.3. The van der Waals surface area contributed by atoms with Crippen LogP contribution in [0, 0.1) is 0 Å². The summed E-state index contributed by atoms with van der Waals surface area (Å²) < 4.78 is 0. The van der Waals surface area contributed by atoms with E-state index in [4.69, 9.17) is 15.0 Å². The molecule has 4 nitrogen and oxygen atoms in total. The molecule has 0 aliphatic heterocycles. The number of benzene rings is 6. The van der Waals surface area contributed by atoms with E-state index in [9.17, 15) is 0 Å². The summed E-state index contributed by atoms with van der Waals surface area (Å²) in [6.07, 6.45) is 3.71. The van der Waals surface area contributed by atoms with E-state index in [1.165, 1.54) is 16.5 Å². The average Bonchev–Trinajstić information content (AvgIpc) is 3.16. The van der Waals surface area contributed by atoms with Crippen LogP contribution < -0.4 is 0 Å². The van der Waals surface area contributed by atoms with E-state index in [2.05, 4.69) is 145 Å². The molecule has 0 unspecified atom stereocenters. The second kappa shape index (κ2) is 10.5. The second-order valence-corrected chi connectivity index (χ2v) is 12.3. The van der Waals surface area contributed by atoms with Gasteiger partial charge >= 0.3 is 0 Å². The lowest BCUT2D eigenvalue weighted by molar-refractivity contribution is 1.37. The summed E-state index contributed by atoms with van der Waals surface area (Å²) in [5.74, 6) is 0. The van der Waals surface area contributed by atoms with Gasteiger partial charge in [0.15, 0.2) is 0 Å². The number of aromatic nitrogens is 4. The van der Waals surface area contributed by atoms with Crippen molar-refractivity contribution in [1.29, 1.82) is 0 Å². The van der Waals surface area contributed by atoms with Crippen molar-refractivity contribution in [3.63, 3.8) is 0 Å². The summed E-state index contributed by atoms with van der Waals surface area (Å²) in [6.45, 7) is 0. The van der Waals surface area contributed by atoms with Crippen molar-refractivity contribution in [1.82, 2.24) is 19.9 Å². The first-order valence-electron chi connectivity index (χ1n) is 16.1. The minimum atomic E-state index is 0.912. The first-order valence-corrected chi connectivity index (χ1v) is 16.1. The smallest absolute Gasteiger partial charge is 0.0978 e. The van der Waals surface area contributed by atoms with Gasteiger partial charge in [-0.15, -0.1) is 0 Å². The third kappa shape index (κ3) is 4.16. The number of hydrogen-bond acceptors (Lipinski definition) is 4. The molecule has 0 saturated carbocycles. The Hall–Kier alpha value is -6.52. The SMILES string of the molecule is c1ccc(-c2c3ccccc3nc3c2ccc2ccc(-c4ccc5cc(-c6ccnc7c6ccc6cccnc67)ccc5c4)nc23)cc1. The highest BCUT2D eigenvalue weighted by Gasteiger charge is 2.15. The van der Waals surface area contributed by atoms with Crippen molar-refractivity contribution in [3.8, 4) is 33.5 Å². The van der Waals surface area contributed by atoms with Crippen molar-refractivity contribution < 1.29 is 0 Å². The maximum atomic E-state index is 5.27. The molecule has 0 spiro atoms. The van der Waals surface area contributed by atoms with Crippen LogP contribution >= 0.6 is 0 Å². The van der Waals surface area contributed by atoms with Gasteiger partial charge in [-0.05, 0) is 63.9 Å². The lowest BCUT2D eigenvalue weighted by atomic mass is 9.95. The molecule has 4 heterocycles. The molecule has 10 aromatic rings. The molecule has 4 aromatic heterocycles. The van der Waals surface area contributed by atoms with E-state index in [0.29, 0.717) is 0 Å². The summed E-state index contributed by atoms with van der Waals surface area (Å²) in [6, 6.07) is 51.3. The predicted octanol–water partition coefficient (Wildman–Crippen LogP) is 11.2. The molecule has 0 saturated heterocycles. The third-order valence-corrected chi connectivity index (χ3v) is 9.50. The Balaban J connectivity index is 1.10. The third-order valence-electron chi connectivity index (χ3n) is 9.50. The number of rotatable bonds is 3. The lowest BCUT2D eigenvalue weighted by Crippen LogP contribution is -1.93. The van der Waals surface area contributed by atoms with Gasteiger partial charge in [-0.2, -0.15) is 0 Å². The van der Waals surface area contributed by atoms with Crippen molar-refractivity contribution in [2.75, 3.05) is 0 Å². The molecule has 0 radical (unpaired) electrons. The Morgan fingerprint density at radius 1 is 0.354 bits per heavy atom. The fourth-order valence-corrected chi connectivity index (χ4v) is 7.19. The van der Waals surface area contributed by atoms with E-state index < -0.39 is 0 Å². The van der Waals surface area contributed by atoms with Gasteiger partial charge in [-0.25, -0.2) is 9.97 Å². The van der Waals surface area contributed by atoms with Gasteiger partial charge in [0, 0.05) is 50.5 Å². The molecule has 222 valence electrons. The Bertz CT molecular complexity index is 2900. The average molecular weight is 611 g/mol. The van der Waals surface area contributed by atoms with Crippen LogP contribution in [0.4, 0.5) is 0 Å². The Morgan fingerprint density at radius 3 is 1.96 bits per heavy atom. The van der Waals surface area contributed by atoms with Crippen LogP contribution in [-0.4, -0.2) is 19.9 Å². The molecule has 6 aromatic carbocycles. The number of para-hydroxylation sites is 1. The number of hydrogen-bond donors (Lipinski definition) is 0. The normalized spacial score (nSPS) is 11.8. The highest BCUT2D eigenvalue weighted by molar-refractivity contribution is 6.16. The van der Waals surface area contributed by atoms with Gasteiger partial charge in [-0.1, -0.05) is 109 Å². The van der Waals surface area contributed by atoms with Crippen LogP contribution in [0.3, 0.4) is 0 Å². The van der Waals surface area contributed by atoms with E-state index >= 15 is 0 Å². The maximum Gasteiger partial charge on any atom is 0.0978 e. The molecule has 4 heteroatoms. The van der Waals surface area contributed by atoms with Crippen LogP contribution in [0.15, 0.2) is 158 Å². The van der Waals surface area contributed by atoms with Gasteiger partial charge < -0.3 is 0 Å². The Kier molecular flexibility index (Phi) is 5.84. The summed E-state index contributed by atoms with van der Waals surface area (Å²) in [4.78, 5) is 19.8. The zero-order valence-corrected chi connectivity index (χ0v) is 25.8. The highest BCUT2D eigenvalue weighted by Crippen LogP contribution is 2.38. The molecule has 0 N–H and O–H groups in total. The van der Waals surface area contributed by atoms with Crippen LogP contribution in [0.5, 0.6) is 0 Å². The highest BCUT2D eigenvalue weighted by atomic mass is 14.8. The summed E-state index contributed by atoms with van der Waals surface area (Å²) in [5, 5.41) is 7.86. The molecule has 0 aliphatic carbocycles. The van der Waals surface area contributed by atoms with Crippen LogP contribution in [0.2, 0.25) is 0 Å². The van der Waals surface area contributed by atoms with Crippen molar-refractivity contribution in [2.24, 2.45) is 0 Å². The molecular weight excluding hydrogens is 585 g/mol. The Labute approximate surface area is 276 Å². The van der Waals surface area contributed by atoms with Gasteiger partial charge in [0.2, 0.25) is 0 Å². The van der Waals surface area contributed by atoms with E-state index in [1.54, 1.807) is 0 Å². The minimum Gasteiger partial charge on any atom is -0.254 e. The first-order chi connectivity index (χ1) is 23.8. The lowest BCUT2D eigenvalue weighted by Gasteiger charge is -2.13. The molecule has 0 atom stereocenters. The standard InChI is InChI=1S/C44H26N4/c1-2-7-27(8-3-1)40-36-10-4-5-11-39(36)48-44-37(40)20-17-29-18-21-38(47-42(29)44)33-15-13-30-25-32(14-12-31(30)26-33)34-22-24-46-43-35(34)19-16-28-9-6-23-45-41(28)43/h1-26H. The van der Waals surface area contributed by atoms with Crippen LogP contribution in [-0.2, 0) is 0 Å². The fraction of sp³-hybridized carbons (Fsp3) is 0. The Morgan fingerprint density at radius 2 is 1.06 bits per heavy atom. The molecule has 48 heavy (non-hydrogen) atoms. The van der Waals surface area contributed by atoms with Gasteiger partial charge in [0.05, 0.1) is 33.3 Å². The minimum absolute atomic E-state index is 0.912. The molecule has 0 fully saturated rings. The number of fused-ring (bicyclic) bond motifs is 8. The van der Waals surface area contributed by atoms with Gasteiger partial charge in [0.1, 0.15) is 0 Å².